The molecule has 8 nitrogen and oxygen atoms in total. The minimum absolute atomic E-state index is 0.0967. The van der Waals surface area contributed by atoms with E-state index < -0.39 is 16.1 Å². The lowest BCUT2D eigenvalue weighted by Crippen LogP contribution is -2.44. The van der Waals surface area contributed by atoms with Crippen molar-refractivity contribution in [1.29, 1.82) is 0 Å². The number of hydrogen-bond acceptors (Lipinski definition) is 5. The van der Waals surface area contributed by atoms with Gasteiger partial charge in [-0.2, -0.15) is 9.82 Å². The van der Waals surface area contributed by atoms with Crippen molar-refractivity contribution in [3.05, 3.63) is 77.9 Å². The first kappa shape index (κ1) is 23.7. The first-order chi connectivity index (χ1) is 16.3. The average Bonchev–Trinajstić information content (AvgIpc) is 3.41. The van der Waals surface area contributed by atoms with Crippen molar-refractivity contribution in [2.75, 3.05) is 7.05 Å². The molecule has 1 aliphatic rings. The first-order valence-electron chi connectivity index (χ1n) is 11.2. The van der Waals surface area contributed by atoms with Crippen LogP contribution in [0.4, 0.5) is 0 Å². The maximum atomic E-state index is 13.6. The van der Waals surface area contributed by atoms with Crippen molar-refractivity contribution in [3.8, 4) is 0 Å². The number of sulfonamides is 1. The van der Waals surface area contributed by atoms with Gasteiger partial charge in [0.2, 0.25) is 15.9 Å². The molecule has 0 saturated heterocycles. The van der Waals surface area contributed by atoms with E-state index in [1.165, 1.54) is 0 Å². The summed E-state index contributed by atoms with van der Waals surface area (Å²) in [5.41, 5.74) is 6.86. The second-order valence-corrected chi connectivity index (χ2v) is 10.3. The molecule has 3 aromatic carbocycles. The molecule has 34 heavy (non-hydrogen) atoms. The molecule has 0 spiro atoms. The van der Waals surface area contributed by atoms with Gasteiger partial charge < -0.3 is 16.5 Å². The Morgan fingerprint density at radius 2 is 1.68 bits per heavy atom. The monoisotopic (exact) mass is 479 g/mol. The van der Waals surface area contributed by atoms with E-state index in [-0.39, 0.29) is 22.7 Å². The number of benzene rings is 3. The van der Waals surface area contributed by atoms with Gasteiger partial charge in [0.1, 0.15) is 11.9 Å². The van der Waals surface area contributed by atoms with Gasteiger partial charge in [0.05, 0.1) is 4.90 Å². The van der Waals surface area contributed by atoms with Gasteiger partial charge in [-0.3, -0.25) is 4.79 Å². The largest absolute Gasteiger partial charge is 0.382 e. The number of amides is 1. The van der Waals surface area contributed by atoms with Gasteiger partial charge in [-0.25, -0.2) is 8.42 Å². The van der Waals surface area contributed by atoms with Gasteiger partial charge in [-0.05, 0) is 41.3 Å². The third kappa shape index (κ3) is 4.90. The zero-order chi connectivity index (χ0) is 24.3. The SMILES string of the molecule is CN(C(=O)C(NS(=O)(=O)c1ccc2ccccc2c1)c1ccc(C(N)=NN)cc1)C1CCCC1. The molecular weight excluding hydrogens is 450 g/mol. The van der Waals surface area contributed by atoms with E-state index in [0.29, 0.717) is 11.1 Å². The van der Waals surface area contributed by atoms with E-state index in [0.717, 1.165) is 36.5 Å². The van der Waals surface area contributed by atoms with Crippen LogP contribution in [-0.4, -0.2) is 38.2 Å². The second-order valence-electron chi connectivity index (χ2n) is 8.59. The molecule has 0 aliphatic heterocycles. The normalized spacial score (nSPS) is 16.0. The van der Waals surface area contributed by atoms with E-state index in [4.69, 9.17) is 11.6 Å². The van der Waals surface area contributed by atoms with E-state index >= 15 is 0 Å². The zero-order valence-corrected chi connectivity index (χ0v) is 19.8. The van der Waals surface area contributed by atoms with Crippen molar-refractivity contribution in [2.45, 2.75) is 42.7 Å². The number of fused-ring (bicyclic) bond motifs is 1. The Balaban J connectivity index is 1.69. The number of hydrazone groups is 1. The quantitative estimate of drug-likeness (QED) is 0.208. The van der Waals surface area contributed by atoms with Crippen LogP contribution in [0.5, 0.6) is 0 Å². The van der Waals surface area contributed by atoms with E-state index in [9.17, 15) is 13.2 Å². The average molecular weight is 480 g/mol. The molecule has 1 aliphatic carbocycles. The van der Waals surface area contributed by atoms with Gasteiger partial charge in [0, 0.05) is 18.7 Å². The fourth-order valence-corrected chi connectivity index (χ4v) is 5.63. The van der Waals surface area contributed by atoms with E-state index in [1.807, 2.05) is 24.3 Å². The molecule has 0 radical (unpaired) electrons. The van der Waals surface area contributed by atoms with Crippen LogP contribution in [0.25, 0.3) is 10.8 Å². The van der Waals surface area contributed by atoms with Crippen molar-refractivity contribution < 1.29 is 13.2 Å². The lowest BCUT2D eigenvalue weighted by molar-refractivity contribution is -0.133. The third-order valence-corrected chi connectivity index (χ3v) is 7.87. The highest BCUT2D eigenvalue weighted by Crippen LogP contribution is 2.27. The van der Waals surface area contributed by atoms with Gasteiger partial charge >= 0.3 is 0 Å². The Labute approximate surface area is 199 Å². The molecule has 178 valence electrons. The molecule has 1 unspecified atom stereocenters. The summed E-state index contributed by atoms with van der Waals surface area (Å²) in [6, 6.07) is 18.1. The standard InChI is InChI=1S/C25H29N5O3S/c1-30(21-8-4-5-9-21)25(31)23(18-10-12-19(13-11-18)24(26)28-27)29-34(32,33)22-15-14-17-6-2-3-7-20(17)16-22/h2-3,6-7,10-16,21,23,29H,4-5,8-9,27H2,1H3,(H2,26,28). The van der Waals surface area contributed by atoms with Gasteiger partial charge in [-0.1, -0.05) is 67.4 Å². The lowest BCUT2D eigenvalue weighted by atomic mass is 10.0. The van der Waals surface area contributed by atoms with Crippen LogP contribution in [0.3, 0.4) is 0 Å². The fourth-order valence-electron chi connectivity index (χ4n) is 4.41. The molecule has 0 heterocycles. The predicted octanol–water partition coefficient (Wildman–Crippen LogP) is 2.84. The minimum atomic E-state index is -4.00. The number of amidine groups is 1. The molecule has 1 amide bonds. The molecule has 9 heteroatoms. The Kier molecular flexibility index (Phi) is 6.85. The minimum Gasteiger partial charge on any atom is -0.382 e. The molecule has 5 N–H and O–H groups in total. The number of nitrogens with zero attached hydrogens (tertiary/aromatic N) is 2. The summed E-state index contributed by atoms with van der Waals surface area (Å²) in [4.78, 5) is 15.3. The number of likely N-dealkylation sites (N-methyl/N-ethyl adjacent to an activating group) is 1. The van der Waals surface area contributed by atoms with E-state index in [1.54, 1.807) is 54.4 Å². The number of carbonyl (C=O) groups is 1. The maximum Gasteiger partial charge on any atom is 0.245 e. The zero-order valence-electron chi connectivity index (χ0n) is 19.0. The summed E-state index contributed by atoms with van der Waals surface area (Å²) < 4.78 is 29.4. The molecule has 3 aromatic rings. The summed E-state index contributed by atoms with van der Waals surface area (Å²) in [5, 5.41) is 5.22. The molecule has 1 fully saturated rings. The van der Waals surface area contributed by atoms with Crippen molar-refractivity contribution >= 4 is 32.5 Å². The Morgan fingerprint density at radius 3 is 2.32 bits per heavy atom. The number of nitrogens with two attached hydrogens (primary N) is 2. The molecule has 1 saturated carbocycles. The highest BCUT2D eigenvalue weighted by atomic mass is 32.2. The van der Waals surface area contributed by atoms with Gasteiger partial charge in [0.15, 0.2) is 0 Å². The van der Waals surface area contributed by atoms with Gasteiger partial charge in [-0.15, -0.1) is 0 Å². The predicted molar refractivity (Wildman–Crippen MR) is 133 cm³/mol. The third-order valence-electron chi connectivity index (χ3n) is 6.45. The number of carbonyl (C=O) groups excluding carboxylic acids is 1. The fraction of sp³-hybridized carbons (Fsp3) is 0.280. The Bertz CT molecular complexity index is 1320. The van der Waals surface area contributed by atoms with Crippen LogP contribution in [0.1, 0.15) is 42.9 Å². The lowest BCUT2D eigenvalue weighted by Gasteiger charge is -2.29. The first-order valence-corrected chi connectivity index (χ1v) is 12.7. The summed E-state index contributed by atoms with van der Waals surface area (Å²) in [5.74, 6) is 5.10. The van der Waals surface area contributed by atoms with Crippen molar-refractivity contribution in [3.63, 3.8) is 0 Å². The van der Waals surface area contributed by atoms with Crippen LogP contribution < -0.4 is 16.3 Å². The number of rotatable bonds is 7. The topological polar surface area (TPSA) is 131 Å². The van der Waals surface area contributed by atoms with Crippen LogP contribution in [0, 0.1) is 0 Å². The highest BCUT2D eigenvalue weighted by molar-refractivity contribution is 7.89. The van der Waals surface area contributed by atoms with Crippen LogP contribution in [0.15, 0.2) is 76.7 Å². The van der Waals surface area contributed by atoms with Crippen molar-refractivity contribution in [1.82, 2.24) is 9.62 Å². The molecular formula is C25H29N5O3S. The summed E-state index contributed by atoms with van der Waals surface area (Å²) in [6.45, 7) is 0. The highest BCUT2D eigenvalue weighted by Gasteiger charge is 2.33. The summed E-state index contributed by atoms with van der Waals surface area (Å²) in [6.07, 6.45) is 3.94. The van der Waals surface area contributed by atoms with Crippen LogP contribution in [0.2, 0.25) is 0 Å². The molecule has 4 rings (SSSR count). The number of hydrogen-bond donors (Lipinski definition) is 3. The van der Waals surface area contributed by atoms with Crippen LogP contribution in [-0.2, 0) is 14.8 Å². The molecule has 0 bridgehead atoms. The molecule has 0 aromatic heterocycles. The van der Waals surface area contributed by atoms with Crippen molar-refractivity contribution in [2.24, 2.45) is 16.7 Å². The van der Waals surface area contributed by atoms with E-state index in [2.05, 4.69) is 9.82 Å². The van der Waals surface area contributed by atoms with Crippen LogP contribution >= 0.6 is 0 Å². The summed E-state index contributed by atoms with van der Waals surface area (Å²) >= 11 is 0. The maximum absolute atomic E-state index is 13.6. The molecule has 1 atom stereocenters. The van der Waals surface area contributed by atoms with Gasteiger partial charge in [0.25, 0.3) is 0 Å². The summed E-state index contributed by atoms with van der Waals surface area (Å²) in [7, 11) is -2.26. The second kappa shape index (κ2) is 9.82. The Morgan fingerprint density at radius 1 is 1.03 bits per heavy atom. The number of nitrogens with one attached hydrogen (secondary N) is 1. The Hall–Kier alpha value is -3.43. The smallest absolute Gasteiger partial charge is 0.245 e.